The molecule has 3 nitrogen and oxygen atoms in total. The number of hydrogen-bond donors (Lipinski definition) is 1. The van der Waals surface area contributed by atoms with Gasteiger partial charge in [0.1, 0.15) is 0 Å². The maximum atomic E-state index is 10.5. The molecule has 0 spiro atoms. The molecule has 0 saturated heterocycles. The molecule has 1 fully saturated rings. The molecule has 4 heteroatoms. The predicted octanol–water partition coefficient (Wildman–Crippen LogP) is 3.94. The minimum Gasteiger partial charge on any atom is -0.478 e. The van der Waals surface area contributed by atoms with Gasteiger partial charge in [0.15, 0.2) is 0 Å². The average Bonchev–Trinajstić information content (AvgIpc) is 2.85. The van der Waals surface area contributed by atoms with E-state index < -0.39 is 5.97 Å². The first-order valence-electron chi connectivity index (χ1n) is 6.81. The van der Waals surface area contributed by atoms with Gasteiger partial charge in [0.05, 0.1) is 6.61 Å². The molecule has 1 saturated carbocycles. The van der Waals surface area contributed by atoms with Gasteiger partial charge in [-0.25, -0.2) is 4.79 Å². The molecule has 1 aromatic rings. The predicted molar refractivity (Wildman–Crippen MR) is 77.2 cm³/mol. The first-order chi connectivity index (χ1) is 9.25. The Balaban J connectivity index is 1.79. The highest BCUT2D eigenvalue weighted by Gasteiger charge is 2.13. The molecule has 1 aliphatic rings. The van der Waals surface area contributed by atoms with Gasteiger partial charge in [-0.1, -0.05) is 19.3 Å². The van der Waals surface area contributed by atoms with Crippen molar-refractivity contribution >= 4 is 23.4 Å². The van der Waals surface area contributed by atoms with E-state index in [-0.39, 0.29) is 0 Å². The number of aliphatic carboxylic acids is 1. The van der Waals surface area contributed by atoms with E-state index in [2.05, 4.69) is 0 Å². The Labute approximate surface area is 117 Å². The summed E-state index contributed by atoms with van der Waals surface area (Å²) in [4.78, 5) is 11.6. The van der Waals surface area contributed by atoms with Crippen LogP contribution in [0.15, 0.2) is 17.5 Å². The fourth-order valence-corrected chi connectivity index (χ4v) is 3.25. The molecule has 19 heavy (non-hydrogen) atoms. The Morgan fingerprint density at radius 3 is 2.95 bits per heavy atom. The molecule has 1 aromatic heterocycles. The highest BCUT2D eigenvalue weighted by Crippen LogP contribution is 2.25. The molecule has 2 rings (SSSR count). The summed E-state index contributed by atoms with van der Waals surface area (Å²) in [5.41, 5.74) is 0.955. The standard InChI is InChI=1S/C15H20O3S/c16-15(17)7-6-13-8-9-19-14(13)11-18-10-12-4-2-1-3-5-12/h6-9,12H,1-5,10-11H2,(H,16,17). The number of carboxylic acid groups (broad SMARTS) is 1. The Morgan fingerprint density at radius 2 is 2.21 bits per heavy atom. The van der Waals surface area contributed by atoms with E-state index in [9.17, 15) is 4.79 Å². The zero-order valence-electron chi connectivity index (χ0n) is 11.0. The van der Waals surface area contributed by atoms with Crippen LogP contribution in [-0.4, -0.2) is 17.7 Å². The van der Waals surface area contributed by atoms with Crippen LogP contribution in [0.4, 0.5) is 0 Å². The van der Waals surface area contributed by atoms with E-state index >= 15 is 0 Å². The third-order valence-corrected chi connectivity index (χ3v) is 4.41. The Hall–Kier alpha value is -1.13. The van der Waals surface area contributed by atoms with Crippen molar-refractivity contribution in [3.63, 3.8) is 0 Å². The second-order valence-corrected chi connectivity index (χ2v) is 5.99. The van der Waals surface area contributed by atoms with E-state index in [4.69, 9.17) is 9.84 Å². The highest BCUT2D eigenvalue weighted by molar-refractivity contribution is 7.10. The van der Waals surface area contributed by atoms with Crippen molar-refractivity contribution in [2.24, 2.45) is 5.92 Å². The summed E-state index contributed by atoms with van der Waals surface area (Å²) in [7, 11) is 0. The van der Waals surface area contributed by atoms with Gasteiger partial charge in [-0.15, -0.1) is 11.3 Å². The van der Waals surface area contributed by atoms with Crippen molar-refractivity contribution < 1.29 is 14.6 Å². The van der Waals surface area contributed by atoms with Gasteiger partial charge >= 0.3 is 5.97 Å². The van der Waals surface area contributed by atoms with Gasteiger partial charge in [-0.05, 0) is 41.8 Å². The molecule has 104 valence electrons. The number of carboxylic acids is 1. The fraction of sp³-hybridized carbons (Fsp3) is 0.533. The van der Waals surface area contributed by atoms with Crippen LogP contribution in [0.5, 0.6) is 0 Å². The van der Waals surface area contributed by atoms with Crippen molar-refractivity contribution in [2.75, 3.05) is 6.61 Å². The van der Waals surface area contributed by atoms with Crippen molar-refractivity contribution in [1.29, 1.82) is 0 Å². The van der Waals surface area contributed by atoms with Gasteiger partial charge in [-0.3, -0.25) is 0 Å². The highest BCUT2D eigenvalue weighted by atomic mass is 32.1. The zero-order chi connectivity index (χ0) is 13.5. The third kappa shape index (κ3) is 4.80. The summed E-state index contributed by atoms with van der Waals surface area (Å²) in [5, 5.41) is 10.6. The van der Waals surface area contributed by atoms with Crippen LogP contribution in [-0.2, 0) is 16.1 Å². The van der Waals surface area contributed by atoms with Crippen LogP contribution in [0.1, 0.15) is 42.5 Å². The topological polar surface area (TPSA) is 46.5 Å². The summed E-state index contributed by atoms with van der Waals surface area (Å²) < 4.78 is 5.79. The normalized spacial score (nSPS) is 17.1. The Morgan fingerprint density at radius 1 is 1.42 bits per heavy atom. The molecular formula is C15H20O3S. The summed E-state index contributed by atoms with van der Waals surface area (Å²) in [6.07, 6.45) is 9.42. The minimum atomic E-state index is -0.916. The van der Waals surface area contributed by atoms with E-state index in [1.165, 1.54) is 38.2 Å². The summed E-state index contributed by atoms with van der Waals surface area (Å²) >= 11 is 1.62. The van der Waals surface area contributed by atoms with Crippen LogP contribution < -0.4 is 0 Å². The lowest BCUT2D eigenvalue weighted by atomic mass is 9.90. The lowest BCUT2D eigenvalue weighted by Gasteiger charge is -2.21. The second-order valence-electron chi connectivity index (χ2n) is 4.99. The van der Waals surface area contributed by atoms with Gasteiger partial charge in [0.2, 0.25) is 0 Å². The zero-order valence-corrected chi connectivity index (χ0v) is 11.8. The molecule has 1 N–H and O–H groups in total. The van der Waals surface area contributed by atoms with E-state index in [1.807, 2.05) is 11.4 Å². The van der Waals surface area contributed by atoms with Crippen molar-refractivity contribution in [2.45, 2.75) is 38.7 Å². The van der Waals surface area contributed by atoms with Crippen LogP contribution in [0.2, 0.25) is 0 Å². The maximum Gasteiger partial charge on any atom is 0.328 e. The first-order valence-corrected chi connectivity index (χ1v) is 7.69. The molecule has 0 amide bonds. The van der Waals surface area contributed by atoms with Crippen molar-refractivity contribution in [3.8, 4) is 0 Å². The van der Waals surface area contributed by atoms with Crippen LogP contribution in [0.3, 0.4) is 0 Å². The molecule has 0 aromatic carbocycles. The third-order valence-electron chi connectivity index (χ3n) is 3.50. The van der Waals surface area contributed by atoms with Crippen LogP contribution >= 0.6 is 11.3 Å². The molecule has 1 aliphatic carbocycles. The molecule has 0 radical (unpaired) electrons. The van der Waals surface area contributed by atoms with Gasteiger partial charge < -0.3 is 9.84 Å². The van der Waals surface area contributed by atoms with Crippen LogP contribution in [0.25, 0.3) is 6.08 Å². The van der Waals surface area contributed by atoms with Crippen LogP contribution in [0, 0.1) is 5.92 Å². The molecule has 0 aliphatic heterocycles. The molecule has 0 bridgehead atoms. The van der Waals surface area contributed by atoms with E-state index in [0.29, 0.717) is 12.5 Å². The monoisotopic (exact) mass is 280 g/mol. The van der Waals surface area contributed by atoms with Gasteiger partial charge in [-0.2, -0.15) is 0 Å². The first kappa shape index (κ1) is 14.3. The molecule has 1 heterocycles. The largest absolute Gasteiger partial charge is 0.478 e. The quantitative estimate of drug-likeness (QED) is 0.803. The smallest absolute Gasteiger partial charge is 0.328 e. The lowest BCUT2D eigenvalue weighted by Crippen LogP contribution is -2.13. The second kappa shape index (κ2) is 7.46. The summed E-state index contributed by atoms with van der Waals surface area (Å²) in [6, 6.07) is 1.93. The number of carbonyl (C=O) groups is 1. The van der Waals surface area contributed by atoms with E-state index in [1.54, 1.807) is 17.4 Å². The molecule has 0 unspecified atom stereocenters. The SMILES string of the molecule is O=C(O)C=Cc1ccsc1COCC1CCCCC1. The van der Waals surface area contributed by atoms with Gasteiger partial charge in [0, 0.05) is 17.6 Å². The average molecular weight is 280 g/mol. The van der Waals surface area contributed by atoms with Gasteiger partial charge in [0.25, 0.3) is 0 Å². The van der Waals surface area contributed by atoms with Crippen molar-refractivity contribution in [3.05, 3.63) is 28.0 Å². The van der Waals surface area contributed by atoms with E-state index in [0.717, 1.165) is 17.0 Å². The summed E-state index contributed by atoms with van der Waals surface area (Å²) in [6.45, 7) is 1.42. The maximum absolute atomic E-state index is 10.5. The minimum absolute atomic E-state index is 0.591. The number of hydrogen-bond acceptors (Lipinski definition) is 3. The summed E-state index contributed by atoms with van der Waals surface area (Å²) in [5.74, 6) is -0.202. The lowest BCUT2D eigenvalue weighted by molar-refractivity contribution is -0.131. The Bertz CT molecular complexity index is 430. The van der Waals surface area contributed by atoms with Crippen molar-refractivity contribution in [1.82, 2.24) is 0 Å². The molecule has 0 atom stereocenters. The number of thiophene rings is 1. The number of ether oxygens (including phenoxy) is 1. The number of rotatable bonds is 6. The fourth-order valence-electron chi connectivity index (χ4n) is 2.45. The Kier molecular flexibility index (Phi) is 5.61. The molecular weight excluding hydrogens is 260 g/mol.